The van der Waals surface area contributed by atoms with Gasteiger partial charge in [0, 0.05) is 20.3 Å². The third-order valence-corrected chi connectivity index (χ3v) is 20.1. The van der Waals surface area contributed by atoms with E-state index in [1.54, 1.807) is 6.08 Å². The molecule has 0 saturated carbocycles. The van der Waals surface area contributed by atoms with Crippen LogP contribution in [0.2, 0.25) is 0 Å². The lowest BCUT2D eigenvalue weighted by atomic mass is 9.93. The van der Waals surface area contributed by atoms with Gasteiger partial charge in [0.05, 0.1) is 51.8 Å². The van der Waals surface area contributed by atoms with E-state index in [1.165, 1.54) is 128 Å². The van der Waals surface area contributed by atoms with Crippen LogP contribution in [0, 0.1) is 0 Å². The van der Waals surface area contributed by atoms with Crippen LogP contribution in [0.1, 0.15) is 220 Å². The molecule has 0 aromatic carbocycles. The molecule has 5 fully saturated rings. The fraction of sp³-hybridized carbons (Fsp3) is 0.931. The predicted molar refractivity (Wildman–Crippen MR) is 370 cm³/mol. The third-order valence-electron chi connectivity index (χ3n) is 20.1. The number of hydrogen-bond donors (Lipinski definition) is 18. The number of carbonyl (C=O) groups excluding carboxylic acids is 3. The van der Waals surface area contributed by atoms with Gasteiger partial charge in [0.25, 0.3) is 0 Å². The summed E-state index contributed by atoms with van der Waals surface area (Å²) in [4.78, 5) is 38.5. The van der Waals surface area contributed by atoms with Crippen molar-refractivity contribution in [3.8, 4) is 0 Å². The summed E-state index contributed by atoms with van der Waals surface area (Å²) in [5.41, 5.74) is 0. The summed E-state index contributed by atoms with van der Waals surface area (Å²) in [7, 11) is 0. The standard InChI is InChI=1S/C72H131N3O28/c1-5-7-9-11-13-15-17-19-20-21-22-24-26-28-30-32-34-36-52(84)75-45(46(83)35-33-31-29-27-25-23-18-16-14-12-10-8-6-2)42-94-70-61(91)59(89)64(50(40-79)98-70)100-71-62(92)60(90)65(51(41-80)99-71)101-72-63(93)67(57(87)49(39-78)97-72)103-69-54(74-44(4)82)66(56(86)48(38-77)96-69)102-68-53(73-43(3)81)58(88)55(85)47(37-76)95-68/h33,35,45-51,53-72,76-80,83,85-93H,5-32,34,36-42H2,1-4H3,(H,73,81)(H,74,82)(H,75,84)/b35-33+/t45-,46+,47?,48?,49?,50?,51?,53?,54?,55-,56-,57-,58+,59+,60+,61?,62?,63?,64+,65-,66+,67-,68+,69-,70+,71-,72-/m0/s1. The van der Waals surface area contributed by atoms with Crippen molar-refractivity contribution < 1.29 is 138 Å². The van der Waals surface area contributed by atoms with Crippen LogP contribution in [0.3, 0.4) is 0 Å². The van der Waals surface area contributed by atoms with Crippen LogP contribution in [0.25, 0.3) is 0 Å². The lowest BCUT2D eigenvalue weighted by Gasteiger charge is -2.50. The molecule has 103 heavy (non-hydrogen) atoms. The molecule has 0 bridgehead atoms. The minimum atomic E-state index is -2.20. The van der Waals surface area contributed by atoms with Gasteiger partial charge >= 0.3 is 0 Å². The van der Waals surface area contributed by atoms with Gasteiger partial charge in [0.1, 0.15) is 122 Å². The lowest BCUT2D eigenvalue weighted by molar-refractivity contribution is -0.388. The summed E-state index contributed by atoms with van der Waals surface area (Å²) >= 11 is 0. The van der Waals surface area contributed by atoms with Gasteiger partial charge < -0.3 is 140 Å². The van der Waals surface area contributed by atoms with Crippen LogP contribution in [0.5, 0.6) is 0 Å². The van der Waals surface area contributed by atoms with Crippen molar-refractivity contribution in [2.45, 2.75) is 386 Å². The maximum absolute atomic E-state index is 13.5. The molecule has 18 N–H and O–H groups in total. The van der Waals surface area contributed by atoms with Gasteiger partial charge in [-0.05, 0) is 19.3 Å². The van der Waals surface area contributed by atoms with E-state index in [4.69, 9.17) is 47.4 Å². The number of allylic oxidation sites excluding steroid dienone is 1. The van der Waals surface area contributed by atoms with Crippen molar-refractivity contribution >= 4 is 17.7 Å². The Kier molecular flexibility index (Phi) is 44.1. The number of hydrogen-bond acceptors (Lipinski definition) is 28. The molecule has 5 heterocycles. The number of aliphatic hydroxyl groups is 15. The van der Waals surface area contributed by atoms with Crippen molar-refractivity contribution in [2.24, 2.45) is 0 Å². The normalized spacial score (nSPS) is 34.9. The molecule has 31 nitrogen and oxygen atoms in total. The maximum Gasteiger partial charge on any atom is 0.220 e. The second-order valence-electron chi connectivity index (χ2n) is 28.6. The smallest absolute Gasteiger partial charge is 0.220 e. The number of rotatable bonds is 51. The van der Waals surface area contributed by atoms with Crippen LogP contribution in [0.15, 0.2) is 12.2 Å². The zero-order valence-corrected chi connectivity index (χ0v) is 61.2. The highest BCUT2D eigenvalue weighted by Gasteiger charge is 2.57. The van der Waals surface area contributed by atoms with Crippen molar-refractivity contribution in [1.82, 2.24) is 16.0 Å². The third kappa shape index (κ3) is 29.5. The summed E-state index contributed by atoms with van der Waals surface area (Å²) in [6.45, 7) is 1.40. The van der Waals surface area contributed by atoms with E-state index in [-0.39, 0.29) is 12.3 Å². The minimum absolute atomic E-state index is 0.196. The highest BCUT2D eigenvalue weighted by Crippen LogP contribution is 2.37. The lowest BCUT2D eigenvalue weighted by Crippen LogP contribution is -2.71. The molecule has 31 heteroatoms. The van der Waals surface area contributed by atoms with Gasteiger partial charge in [-0.2, -0.15) is 0 Å². The Morgan fingerprint density at radius 3 is 1.18 bits per heavy atom. The Bertz CT molecular complexity index is 2310. The zero-order valence-electron chi connectivity index (χ0n) is 61.2. The molecule has 0 aromatic heterocycles. The number of carbonyl (C=O) groups is 3. The van der Waals surface area contributed by atoms with Crippen molar-refractivity contribution in [2.75, 3.05) is 39.6 Å². The van der Waals surface area contributed by atoms with Gasteiger partial charge in [0.15, 0.2) is 31.5 Å². The first-order valence-electron chi connectivity index (χ1n) is 38.5. The topological polar surface area (TPSA) is 483 Å². The summed E-state index contributed by atoms with van der Waals surface area (Å²) in [5.74, 6) is -1.87. The zero-order chi connectivity index (χ0) is 75.4. The van der Waals surface area contributed by atoms with Crippen molar-refractivity contribution in [3.05, 3.63) is 12.2 Å². The molecule has 5 aliphatic heterocycles. The first-order valence-corrected chi connectivity index (χ1v) is 38.5. The van der Waals surface area contributed by atoms with E-state index >= 15 is 0 Å². The highest BCUT2D eigenvalue weighted by molar-refractivity contribution is 5.76. The largest absolute Gasteiger partial charge is 0.394 e. The molecule has 27 atom stereocenters. The van der Waals surface area contributed by atoms with Gasteiger partial charge in [-0.25, -0.2) is 0 Å². The Balaban J connectivity index is 1.19. The molecule has 602 valence electrons. The average Bonchev–Trinajstić information content (AvgIpc) is 0.775. The average molecular weight is 1490 g/mol. The fourth-order valence-corrected chi connectivity index (χ4v) is 14.0. The second kappa shape index (κ2) is 50.0. The number of nitrogens with one attached hydrogen (secondary N) is 3. The second-order valence-corrected chi connectivity index (χ2v) is 28.6. The molecule has 0 aliphatic carbocycles. The van der Waals surface area contributed by atoms with E-state index in [2.05, 4.69) is 29.8 Å². The SMILES string of the molecule is CCCCCCCCCCCCC/C=C/[C@@H](O)[C@H](CO[C@@H]1OC(CO)[C@@H](O[C@@H]2OC(CO)[C@H](O[C@@H]3OC(CO)[C@H](O)[C@H](O[C@@H]4OC(CO)[C@H](O)[C@H](O[C@H]5OC(CO)[C@H](O)[C@H](O)C5NC(C)=O)C4NC(C)=O)C3O)[C@H](O)C2O)[C@H](O)C1O)NC(=O)CCCCCCCCCCCCCCCCCCC. The fourth-order valence-electron chi connectivity index (χ4n) is 14.0. The van der Waals surface area contributed by atoms with E-state index in [0.29, 0.717) is 12.8 Å². The molecule has 10 unspecified atom stereocenters. The first kappa shape index (κ1) is 90.8. The summed E-state index contributed by atoms with van der Waals surface area (Å²) in [5, 5.41) is 174. The molecule has 5 aliphatic rings. The van der Waals surface area contributed by atoms with Crippen LogP contribution < -0.4 is 16.0 Å². The monoisotopic (exact) mass is 1490 g/mol. The quantitative estimate of drug-likeness (QED) is 0.0292. The van der Waals surface area contributed by atoms with Gasteiger partial charge in [-0.1, -0.05) is 193 Å². The Morgan fingerprint density at radius 1 is 0.379 bits per heavy atom. The van der Waals surface area contributed by atoms with Crippen molar-refractivity contribution in [3.63, 3.8) is 0 Å². The number of ether oxygens (including phenoxy) is 10. The van der Waals surface area contributed by atoms with E-state index < -0.39 is 217 Å². The van der Waals surface area contributed by atoms with Crippen LogP contribution >= 0.6 is 0 Å². The number of amides is 3. The molecule has 5 saturated heterocycles. The van der Waals surface area contributed by atoms with Crippen LogP contribution in [0.4, 0.5) is 0 Å². The Labute approximate surface area is 607 Å². The van der Waals surface area contributed by atoms with Crippen molar-refractivity contribution in [1.29, 1.82) is 0 Å². The van der Waals surface area contributed by atoms with E-state index in [1.807, 2.05) is 6.08 Å². The molecule has 0 radical (unpaired) electrons. The highest BCUT2D eigenvalue weighted by atomic mass is 16.8. The number of aliphatic hydroxyl groups excluding tert-OH is 15. The Hall–Kier alpha value is -2.85. The van der Waals surface area contributed by atoms with Gasteiger partial charge in [-0.3, -0.25) is 14.4 Å². The predicted octanol–water partition coefficient (Wildman–Crippen LogP) is 0.532. The molecular formula is C72H131N3O28. The first-order chi connectivity index (χ1) is 49.6. The van der Waals surface area contributed by atoms with Gasteiger partial charge in [0.2, 0.25) is 17.7 Å². The summed E-state index contributed by atoms with van der Waals surface area (Å²) in [6, 6.07) is -4.32. The van der Waals surface area contributed by atoms with Gasteiger partial charge in [-0.15, -0.1) is 0 Å². The van der Waals surface area contributed by atoms with E-state index in [0.717, 1.165) is 58.8 Å². The molecular weight excluding hydrogens is 1350 g/mol. The molecule has 0 aromatic rings. The summed E-state index contributed by atoms with van der Waals surface area (Å²) in [6.07, 6.45) is -6.54. The van der Waals surface area contributed by atoms with Crippen LogP contribution in [-0.2, 0) is 61.8 Å². The summed E-state index contributed by atoms with van der Waals surface area (Å²) < 4.78 is 59.1. The van der Waals surface area contributed by atoms with Crippen LogP contribution in [-0.4, -0.2) is 300 Å². The maximum atomic E-state index is 13.5. The van der Waals surface area contributed by atoms with E-state index in [9.17, 15) is 91.0 Å². The molecule has 5 rings (SSSR count). The minimum Gasteiger partial charge on any atom is -0.394 e. The molecule has 3 amide bonds. The Morgan fingerprint density at radius 2 is 0.728 bits per heavy atom. The number of unbranched alkanes of at least 4 members (excludes halogenated alkanes) is 27. The molecule has 0 spiro atoms.